The lowest BCUT2D eigenvalue weighted by atomic mass is 9.73. The number of rotatable bonds is 10. The number of piperazine rings is 1. The quantitative estimate of drug-likeness (QED) is 0.249. The fourth-order valence-electron chi connectivity index (χ4n) is 10.3. The summed E-state index contributed by atoms with van der Waals surface area (Å²) in [6.07, 6.45) is 6.79. The molecule has 2 saturated heterocycles. The molecule has 1 unspecified atom stereocenters. The van der Waals surface area contributed by atoms with Gasteiger partial charge in [-0.2, -0.15) is 0 Å². The van der Waals surface area contributed by atoms with Crippen LogP contribution in [0, 0.1) is 33.0 Å². The van der Waals surface area contributed by atoms with Gasteiger partial charge in [-0.15, -0.1) is 0 Å². The Morgan fingerprint density at radius 1 is 0.792 bits per heavy atom. The van der Waals surface area contributed by atoms with E-state index in [2.05, 4.69) is 55.6 Å². The van der Waals surface area contributed by atoms with Crippen molar-refractivity contribution < 1.29 is 28.8 Å². The molecule has 3 aliphatic carbocycles. The Hall–Kier alpha value is -3.22. The number of Topliss-reactive ketones (excluding diaryl/α,β-unsaturated/α-hetero) is 1. The predicted octanol–water partition coefficient (Wildman–Crippen LogP) is 3.19. The molecule has 0 radical (unpaired) electrons. The summed E-state index contributed by atoms with van der Waals surface area (Å²) in [7, 11) is 2.05. The summed E-state index contributed by atoms with van der Waals surface area (Å²) in [4.78, 5) is 87.8. The molecule has 2 aliphatic heterocycles. The summed E-state index contributed by atoms with van der Waals surface area (Å²) in [6, 6.07) is -4.15. The van der Waals surface area contributed by atoms with Gasteiger partial charge in [0.2, 0.25) is 23.5 Å². The van der Waals surface area contributed by atoms with Crippen LogP contribution in [-0.4, -0.2) is 113 Å². The molecule has 5 rings (SSSR count). The number of amides is 6. The summed E-state index contributed by atoms with van der Waals surface area (Å²) in [5.41, 5.74) is 3.65. The van der Waals surface area contributed by atoms with Gasteiger partial charge in [-0.05, 0) is 74.2 Å². The number of likely N-dealkylation sites (tertiary alicyclic amines) is 1. The molecule has 0 aromatic heterocycles. The van der Waals surface area contributed by atoms with E-state index in [-0.39, 0.29) is 46.1 Å². The van der Waals surface area contributed by atoms with Gasteiger partial charge in [0, 0.05) is 37.1 Å². The van der Waals surface area contributed by atoms with Crippen LogP contribution in [0.3, 0.4) is 0 Å². The second kappa shape index (κ2) is 14.1. The van der Waals surface area contributed by atoms with Gasteiger partial charge in [-0.25, -0.2) is 4.79 Å². The number of fused-ring (bicyclic) bond motifs is 1. The summed E-state index contributed by atoms with van der Waals surface area (Å²) in [5.74, 6) is -2.73. The first-order valence-electron chi connectivity index (χ1n) is 19.9. The molecule has 0 aromatic carbocycles. The number of hydrogen-bond acceptors (Lipinski definition) is 7. The monoisotopic (exact) mass is 742 g/mol. The zero-order chi connectivity index (χ0) is 39.6. The van der Waals surface area contributed by atoms with Crippen molar-refractivity contribution in [3.8, 4) is 0 Å². The predicted molar refractivity (Wildman–Crippen MR) is 202 cm³/mol. The number of primary amides is 1. The second-order valence-electron chi connectivity index (χ2n) is 20.0. The van der Waals surface area contributed by atoms with Gasteiger partial charge < -0.3 is 31.5 Å². The lowest BCUT2D eigenvalue weighted by molar-refractivity contribution is -0.143. The molecule has 0 aromatic rings. The molecule has 5 fully saturated rings. The van der Waals surface area contributed by atoms with Crippen LogP contribution in [0.5, 0.6) is 0 Å². The van der Waals surface area contributed by atoms with Crippen LogP contribution >= 0.6 is 0 Å². The molecule has 298 valence electrons. The third-order valence-electron chi connectivity index (χ3n) is 14.5. The van der Waals surface area contributed by atoms with E-state index >= 15 is 0 Å². The summed E-state index contributed by atoms with van der Waals surface area (Å²) < 4.78 is 0. The van der Waals surface area contributed by atoms with E-state index in [1.165, 1.54) is 0 Å². The van der Waals surface area contributed by atoms with Gasteiger partial charge >= 0.3 is 6.03 Å². The maximum atomic E-state index is 14.9. The van der Waals surface area contributed by atoms with Crippen LogP contribution in [0.4, 0.5) is 4.79 Å². The van der Waals surface area contributed by atoms with Gasteiger partial charge in [0.1, 0.15) is 18.1 Å². The molecule has 2 spiro atoms. The van der Waals surface area contributed by atoms with Crippen molar-refractivity contribution in [1.29, 1.82) is 0 Å². The van der Waals surface area contributed by atoms with E-state index in [1.807, 2.05) is 46.4 Å². The third-order valence-corrected chi connectivity index (χ3v) is 14.5. The zero-order valence-corrected chi connectivity index (χ0v) is 34.2. The van der Waals surface area contributed by atoms with Crippen molar-refractivity contribution in [2.45, 2.75) is 157 Å². The summed E-state index contributed by atoms with van der Waals surface area (Å²) >= 11 is 0. The van der Waals surface area contributed by atoms with Crippen LogP contribution in [-0.2, 0) is 24.0 Å². The molecule has 2 heterocycles. The Morgan fingerprint density at radius 2 is 1.32 bits per heavy atom. The van der Waals surface area contributed by atoms with E-state index in [9.17, 15) is 28.8 Å². The van der Waals surface area contributed by atoms with Gasteiger partial charge in [0.05, 0.1) is 6.04 Å². The number of likely N-dealkylation sites (N-methyl/N-ethyl adjacent to an activating group) is 1. The fraction of sp³-hybridized carbons (Fsp3) is 0.850. The zero-order valence-electron chi connectivity index (χ0n) is 34.2. The Bertz CT molecular complexity index is 1480. The van der Waals surface area contributed by atoms with Crippen molar-refractivity contribution in [3.05, 3.63) is 0 Å². The van der Waals surface area contributed by atoms with E-state index in [0.29, 0.717) is 32.5 Å². The molecule has 6 amide bonds. The number of hydrogen-bond donors (Lipinski definition) is 4. The van der Waals surface area contributed by atoms with Crippen LogP contribution in [0.15, 0.2) is 0 Å². The lowest BCUT2D eigenvalue weighted by Gasteiger charge is -2.45. The first-order valence-corrected chi connectivity index (χ1v) is 19.9. The smallest absolute Gasteiger partial charge is 0.316 e. The molecule has 7 atom stereocenters. The molecule has 13 nitrogen and oxygen atoms in total. The Morgan fingerprint density at radius 3 is 1.74 bits per heavy atom. The summed E-state index contributed by atoms with van der Waals surface area (Å²) in [6.45, 7) is 21.4. The lowest BCUT2D eigenvalue weighted by Crippen LogP contribution is -2.64. The molecule has 0 bridgehead atoms. The molecular weight excluding hydrogens is 674 g/mol. The number of nitrogens with zero attached hydrogens (tertiary/aromatic N) is 3. The molecule has 53 heavy (non-hydrogen) atoms. The maximum Gasteiger partial charge on any atom is 0.316 e. The third kappa shape index (κ3) is 7.20. The number of carbonyl (C=O) groups excluding carboxylic acids is 6. The molecule has 3 saturated carbocycles. The summed E-state index contributed by atoms with van der Waals surface area (Å²) in [5, 5.41) is 8.75. The van der Waals surface area contributed by atoms with Gasteiger partial charge in [0.25, 0.3) is 5.91 Å². The highest BCUT2D eigenvalue weighted by atomic mass is 16.2. The first-order chi connectivity index (χ1) is 24.4. The van der Waals surface area contributed by atoms with E-state index < -0.39 is 58.6 Å². The van der Waals surface area contributed by atoms with Gasteiger partial charge in [0.15, 0.2) is 0 Å². The van der Waals surface area contributed by atoms with Gasteiger partial charge in [-0.1, -0.05) is 81.1 Å². The number of ketones is 1. The first kappa shape index (κ1) is 41.0. The normalized spacial score (nSPS) is 29.8. The van der Waals surface area contributed by atoms with Gasteiger partial charge in [-0.3, -0.25) is 28.9 Å². The SMILES string of the molecule is C[C@H]1CN(C(=O)[C@@H](NC(=O)N[C@H](C(=O)N2C[C@]3(C[C@H]2C(=O)NC(CC2CCC2)C(=O)C(N)=O)C(C)(C)C32CCC2)C(C)(C)C)C(C)(C)C)C[C@H](C)N1C. The van der Waals surface area contributed by atoms with E-state index in [4.69, 9.17) is 5.73 Å². The molecule has 13 heteroatoms. The fourth-order valence-corrected chi connectivity index (χ4v) is 10.3. The minimum Gasteiger partial charge on any atom is -0.363 e. The maximum absolute atomic E-state index is 14.9. The van der Waals surface area contributed by atoms with Crippen molar-refractivity contribution in [2.75, 3.05) is 26.7 Å². The number of nitrogens with one attached hydrogen (secondary N) is 3. The van der Waals surface area contributed by atoms with Crippen molar-refractivity contribution in [2.24, 2.45) is 38.7 Å². The number of nitrogens with two attached hydrogens (primary N) is 1. The van der Waals surface area contributed by atoms with Crippen molar-refractivity contribution in [3.63, 3.8) is 0 Å². The highest BCUT2D eigenvalue weighted by Gasteiger charge is 2.85. The van der Waals surface area contributed by atoms with Crippen LogP contribution < -0.4 is 21.7 Å². The number of carbonyl (C=O) groups is 6. The number of urea groups is 1. The van der Waals surface area contributed by atoms with Crippen molar-refractivity contribution in [1.82, 2.24) is 30.7 Å². The molecular formula is C40H67N7O6. The largest absolute Gasteiger partial charge is 0.363 e. The Kier molecular flexibility index (Phi) is 10.9. The average molecular weight is 742 g/mol. The highest BCUT2D eigenvalue weighted by Crippen LogP contribution is 2.88. The van der Waals surface area contributed by atoms with E-state index in [1.54, 1.807) is 4.90 Å². The van der Waals surface area contributed by atoms with Crippen molar-refractivity contribution >= 4 is 35.4 Å². The Balaban J connectivity index is 1.39. The Labute approximate surface area is 316 Å². The highest BCUT2D eigenvalue weighted by molar-refractivity contribution is 6.37. The van der Waals surface area contributed by atoms with Crippen LogP contribution in [0.25, 0.3) is 0 Å². The average Bonchev–Trinajstić information content (AvgIpc) is 3.22. The van der Waals surface area contributed by atoms with Crippen LogP contribution in [0.1, 0.15) is 121 Å². The minimum atomic E-state index is -1.09. The van der Waals surface area contributed by atoms with E-state index in [0.717, 1.165) is 38.5 Å². The molecule has 5 aliphatic rings. The standard InChI is InChI=1S/C40H67N7O6/c1-23-20-46(21-24(2)45(23)11)33(51)29(36(3,4)5)43-35(53)44-30(37(6,7)8)34(52)47-22-40(38(9,10)39(40)16-13-17-39)19-27(47)32(50)42-26(28(48)31(41)49)18-25-14-12-15-25/h23-27,29-30H,12-22H2,1-11H3,(H2,41,49)(H,42,50)(H2,43,44,53)/t23-,24-,26?,27-,29+,30+,40+/m0/s1. The minimum absolute atomic E-state index is 0.0164. The van der Waals surface area contributed by atoms with Crippen LogP contribution in [0.2, 0.25) is 0 Å². The molecule has 5 N–H and O–H groups in total. The topological polar surface area (TPSA) is 174 Å². The second-order valence-corrected chi connectivity index (χ2v) is 20.0.